The number of guanidine groups is 1. The normalized spacial score (nSPS) is 15.9. The molecule has 0 spiro atoms. The topological polar surface area (TPSA) is 56.0 Å². The van der Waals surface area contributed by atoms with E-state index < -0.39 is 0 Å². The zero-order valence-corrected chi connectivity index (χ0v) is 20.1. The van der Waals surface area contributed by atoms with Crippen LogP contribution >= 0.6 is 24.0 Å². The van der Waals surface area contributed by atoms with E-state index in [1.54, 1.807) is 6.26 Å². The standard InChI is InChI=1S/C22H33N5O.HI/c1-23-22(24-15-18-9-4-5-10-19(18)17-26(2)3)25-16-20(21-11-8-14-28-21)27-12-6-7-13-27;/h4-5,8-11,14,20H,6-7,12-13,15-17H2,1-3H3,(H2,23,24,25);1H. The van der Waals surface area contributed by atoms with Crippen molar-refractivity contribution in [1.82, 2.24) is 20.4 Å². The zero-order valence-electron chi connectivity index (χ0n) is 17.7. The fourth-order valence-electron chi connectivity index (χ4n) is 3.76. The maximum absolute atomic E-state index is 5.71. The number of hydrogen-bond acceptors (Lipinski definition) is 4. The third-order valence-electron chi connectivity index (χ3n) is 5.19. The van der Waals surface area contributed by atoms with Gasteiger partial charge in [-0.25, -0.2) is 0 Å². The minimum Gasteiger partial charge on any atom is -0.468 e. The largest absolute Gasteiger partial charge is 0.468 e. The quantitative estimate of drug-likeness (QED) is 0.323. The van der Waals surface area contributed by atoms with Crippen molar-refractivity contribution in [3.63, 3.8) is 0 Å². The predicted octanol–water partition coefficient (Wildman–Crippen LogP) is 3.46. The Hall–Kier alpha value is -1.58. The molecule has 7 heteroatoms. The monoisotopic (exact) mass is 511 g/mol. The van der Waals surface area contributed by atoms with Gasteiger partial charge >= 0.3 is 0 Å². The molecule has 1 aliphatic rings. The first kappa shape index (κ1) is 23.7. The van der Waals surface area contributed by atoms with Crippen molar-refractivity contribution < 1.29 is 4.42 Å². The van der Waals surface area contributed by atoms with Crippen molar-refractivity contribution in [1.29, 1.82) is 0 Å². The molecule has 1 saturated heterocycles. The van der Waals surface area contributed by atoms with E-state index in [4.69, 9.17) is 4.42 Å². The minimum atomic E-state index is 0. The van der Waals surface area contributed by atoms with Gasteiger partial charge in [-0.3, -0.25) is 9.89 Å². The molecule has 0 saturated carbocycles. The lowest BCUT2D eigenvalue weighted by Crippen LogP contribution is -2.42. The van der Waals surface area contributed by atoms with E-state index in [1.807, 2.05) is 13.1 Å². The van der Waals surface area contributed by atoms with Gasteiger partial charge in [-0.1, -0.05) is 24.3 Å². The van der Waals surface area contributed by atoms with E-state index in [0.717, 1.165) is 44.4 Å². The maximum atomic E-state index is 5.71. The second-order valence-corrected chi connectivity index (χ2v) is 7.59. The number of likely N-dealkylation sites (tertiary alicyclic amines) is 1. The summed E-state index contributed by atoms with van der Waals surface area (Å²) < 4.78 is 5.71. The van der Waals surface area contributed by atoms with Crippen LogP contribution in [0.2, 0.25) is 0 Å². The number of benzene rings is 1. The first-order valence-corrected chi connectivity index (χ1v) is 10.1. The molecule has 0 bridgehead atoms. The van der Waals surface area contributed by atoms with Gasteiger partial charge in [0.2, 0.25) is 0 Å². The molecule has 0 amide bonds. The van der Waals surface area contributed by atoms with Crippen molar-refractivity contribution in [2.75, 3.05) is 40.8 Å². The molecule has 1 aromatic carbocycles. The lowest BCUT2D eigenvalue weighted by Gasteiger charge is -2.26. The van der Waals surface area contributed by atoms with Crippen LogP contribution in [0.15, 0.2) is 52.1 Å². The minimum absolute atomic E-state index is 0. The zero-order chi connectivity index (χ0) is 19.8. The fraction of sp³-hybridized carbons (Fsp3) is 0.500. The van der Waals surface area contributed by atoms with Crippen LogP contribution in [0.3, 0.4) is 0 Å². The molecule has 1 aliphatic heterocycles. The third kappa shape index (κ3) is 7.01. The van der Waals surface area contributed by atoms with Gasteiger partial charge in [-0.05, 0) is 63.3 Å². The molecule has 1 atom stereocenters. The van der Waals surface area contributed by atoms with Crippen LogP contribution in [-0.2, 0) is 13.1 Å². The molecule has 1 fully saturated rings. The van der Waals surface area contributed by atoms with E-state index in [0.29, 0.717) is 0 Å². The Morgan fingerprint density at radius 1 is 1.10 bits per heavy atom. The van der Waals surface area contributed by atoms with E-state index in [-0.39, 0.29) is 30.0 Å². The number of nitrogens with zero attached hydrogens (tertiary/aromatic N) is 3. The summed E-state index contributed by atoms with van der Waals surface area (Å²) in [5.41, 5.74) is 2.63. The number of halogens is 1. The molecule has 0 radical (unpaired) electrons. The molecule has 6 nitrogen and oxygen atoms in total. The summed E-state index contributed by atoms with van der Waals surface area (Å²) >= 11 is 0. The molecule has 3 rings (SSSR count). The lowest BCUT2D eigenvalue weighted by atomic mass is 10.1. The highest BCUT2D eigenvalue weighted by atomic mass is 127. The van der Waals surface area contributed by atoms with Gasteiger partial charge < -0.3 is 20.0 Å². The van der Waals surface area contributed by atoms with Crippen molar-refractivity contribution in [3.8, 4) is 0 Å². The molecule has 2 N–H and O–H groups in total. The van der Waals surface area contributed by atoms with Crippen molar-refractivity contribution >= 4 is 29.9 Å². The summed E-state index contributed by atoms with van der Waals surface area (Å²) in [6.07, 6.45) is 4.27. The first-order chi connectivity index (χ1) is 13.7. The second kappa shape index (κ2) is 12.2. The molecule has 2 heterocycles. The van der Waals surface area contributed by atoms with Crippen LogP contribution in [0, 0.1) is 0 Å². The molecule has 0 aliphatic carbocycles. The van der Waals surface area contributed by atoms with Crippen LogP contribution in [-0.4, -0.2) is 56.5 Å². The third-order valence-corrected chi connectivity index (χ3v) is 5.19. The Morgan fingerprint density at radius 2 is 1.83 bits per heavy atom. The molecular weight excluding hydrogens is 477 g/mol. The second-order valence-electron chi connectivity index (χ2n) is 7.59. The van der Waals surface area contributed by atoms with Gasteiger partial charge in [0.25, 0.3) is 0 Å². The van der Waals surface area contributed by atoms with Crippen molar-refractivity contribution in [3.05, 3.63) is 59.5 Å². The van der Waals surface area contributed by atoms with Crippen LogP contribution in [0.25, 0.3) is 0 Å². The Bertz CT molecular complexity index is 741. The van der Waals surface area contributed by atoms with E-state index in [1.165, 1.54) is 24.0 Å². The summed E-state index contributed by atoms with van der Waals surface area (Å²) in [7, 11) is 6.01. The molecule has 1 unspecified atom stereocenters. The van der Waals surface area contributed by atoms with Gasteiger partial charge in [-0.2, -0.15) is 0 Å². The molecule has 29 heavy (non-hydrogen) atoms. The SMILES string of the molecule is CN=C(NCc1ccccc1CN(C)C)NCC(c1ccco1)N1CCCC1.I. The van der Waals surface area contributed by atoms with Crippen LogP contribution in [0.4, 0.5) is 0 Å². The number of hydrogen-bond donors (Lipinski definition) is 2. The lowest BCUT2D eigenvalue weighted by molar-refractivity contribution is 0.215. The van der Waals surface area contributed by atoms with Crippen LogP contribution in [0.5, 0.6) is 0 Å². The highest BCUT2D eigenvalue weighted by Crippen LogP contribution is 2.24. The Labute approximate surface area is 191 Å². The smallest absolute Gasteiger partial charge is 0.191 e. The molecule has 160 valence electrons. The van der Waals surface area contributed by atoms with Crippen molar-refractivity contribution in [2.24, 2.45) is 4.99 Å². The fourth-order valence-corrected chi connectivity index (χ4v) is 3.76. The maximum Gasteiger partial charge on any atom is 0.191 e. The molecular formula is C22H34IN5O. The van der Waals surface area contributed by atoms with Gasteiger partial charge in [0.05, 0.1) is 12.3 Å². The Morgan fingerprint density at radius 3 is 2.45 bits per heavy atom. The average molecular weight is 511 g/mol. The summed E-state index contributed by atoms with van der Waals surface area (Å²) in [6.45, 7) is 4.69. The van der Waals surface area contributed by atoms with Gasteiger partial charge in [0.15, 0.2) is 5.96 Å². The van der Waals surface area contributed by atoms with Crippen molar-refractivity contribution in [2.45, 2.75) is 32.0 Å². The summed E-state index contributed by atoms with van der Waals surface area (Å²) in [4.78, 5) is 9.09. The summed E-state index contributed by atoms with van der Waals surface area (Å²) in [5.74, 6) is 1.83. The van der Waals surface area contributed by atoms with Crippen LogP contribution < -0.4 is 10.6 Å². The average Bonchev–Trinajstić information content (AvgIpc) is 3.40. The van der Waals surface area contributed by atoms with E-state index in [9.17, 15) is 0 Å². The summed E-state index contributed by atoms with van der Waals surface area (Å²) in [6, 6.07) is 12.8. The number of nitrogens with one attached hydrogen (secondary N) is 2. The van der Waals surface area contributed by atoms with Gasteiger partial charge in [-0.15, -0.1) is 24.0 Å². The predicted molar refractivity (Wildman–Crippen MR) is 130 cm³/mol. The number of furan rings is 1. The Kier molecular flexibility index (Phi) is 9.96. The highest BCUT2D eigenvalue weighted by Gasteiger charge is 2.25. The molecule has 1 aromatic heterocycles. The Balaban J connectivity index is 0.00000300. The van der Waals surface area contributed by atoms with E-state index in [2.05, 4.69) is 69.9 Å². The first-order valence-electron chi connectivity index (χ1n) is 10.1. The molecule has 2 aromatic rings. The highest BCUT2D eigenvalue weighted by molar-refractivity contribution is 14.0. The number of aliphatic imine (C=N–C) groups is 1. The van der Waals surface area contributed by atoms with Crippen LogP contribution in [0.1, 0.15) is 35.8 Å². The van der Waals surface area contributed by atoms with Gasteiger partial charge in [0.1, 0.15) is 5.76 Å². The van der Waals surface area contributed by atoms with Gasteiger partial charge in [0, 0.05) is 26.7 Å². The van der Waals surface area contributed by atoms with E-state index >= 15 is 0 Å². The number of rotatable bonds is 8. The summed E-state index contributed by atoms with van der Waals surface area (Å²) in [5, 5.41) is 6.95.